The van der Waals surface area contributed by atoms with E-state index in [2.05, 4.69) is 38.2 Å². The van der Waals surface area contributed by atoms with E-state index in [1.54, 1.807) is 0 Å². The molecule has 1 aliphatic rings. The van der Waals surface area contributed by atoms with Crippen LogP contribution < -0.4 is 0 Å². The summed E-state index contributed by atoms with van der Waals surface area (Å²) < 4.78 is 22.1. The van der Waals surface area contributed by atoms with Gasteiger partial charge in [-0.15, -0.1) is 0 Å². The predicted molar refractivity (Wildman–Crippen MR) is 206 cm³/mol. The van der Waals surface area contributed by atoms with Gasteiger partial charge in [0.15, 0.2) is 12.4 Å². The molecule has 0 bridgehead atoms. The molecule has 10 heteroatoms. The molecule has 1 saturated heterocycles. The third-order valence-corrected chi connectivity index (χ3v) is 9.59. The number of allylic oxidation sites excluding steroid dienone is 4. The minimum atomic E-state index is -1.59. The largest absolute Gasteiger partial charge is 0.462 e. The van der Waals surface area contributed by atoms with Gasteiger partial charge in [-0.3, -0.25) is 9.59 Å². The minimum absolute atomic E-state index is 0.222. The lowest BCUT2D eigenvalue weighted by atomic mass is 9.99. The van der Waals surface area contributed by atoms with Crippen molar-refractivity contribution in [2.24, 2.45) is 0 Å². The molecule has 4 N–H and O–H groups in total. The van der Waals surface area contributed by atoms with E-state index in [4.69, 9.17) is 18.9 Å². The van der Waals surface area contributed by atoms with Crippen LogP contribution in [-0.4, -0.2) is 89.0 Å². The Morgan fingerprint density at radius 1 is 0.596 bits per heavy atom. The zero-order valence-corrected chi connectivity index (χ0v) is 32.8. The predicted octanol–water partition coefficient (Wildman–Crippen LogP) is 8.16. The molecule has 0 aromatic heterocycles. The third-order valence-electron chi connectivity index (χ3n) is 9.59. The van der Waals surface area contributed by atoms with Gasteiger partial charge in [0, 0.05) is 12.8 Å². The van der Waals surface area contributed by atoms with Crippen LogP contribution in [0.5, 0.6) is 0 Å². The lowest BCUT2D eigenvalue weighted by Gasteiger charge is -2.39. The van der Waals surface area contributed by atoms with Gasteiger partial charge >= 0.3 is 11.9 Å². The zero-order valence-electron chi connectivity index (χ0n) is 32.8. The van der Waals surface area contributed by atoms with Gasteiger partial charge in [-0.05, 0) is 44.9 Å². The molecule has 0 radical (unpaired) electrons. The van der Waals surface area contributed by atoms with Crippen LogP contribution in [-0.2, 0) is 28.5 Å². The summed E-state index contributed by atoms with van der Waals surface area (Å²) in [5, 5.41) is 40.0. The maximum absolute atomic E-state index is 12.7. The van der Waals surface area contributed by atoms with Crippen LogP contribution in [0.3, 0.4) is 0 Å². The molecular formula is C42H76O10. The summed E-state index contributed by atoms with van der Waals surface area (Å²) >= 11 is 0. The smallest absolute Gasteiger partial charge is 0.306 e. The molecule has 1 fully saturated rings. The van der Waals surface area contributed by atoms with E-state index < -0.39 is 49.4 Å². The van der Waals surface area contributed by atoms with Crippen molar-refractivity contribution in [3.05, 3.63) is 24.3 Å². The van der Waals surface area contributed by atoms with Crippen molar-refractivity contribution in [2.45, 2.75) is 211 Å². The second kappa shape index (κ2) is 33.7. The van der Waals surface area contributed by atoms with E-state index in [0.717, 1.165) is 57.8 Å². The second-order valence-corrected chi connectivity index (χ2v) is 14.4. The van der Waals surface area contributed by atoms with Gasteiger partial charge in [0.05, 0.1) is 13.2 Å². The highest BCUT2D eigenvalue weighted by Crippen LogP contribution is 2.22. The van der Waals surface area contributed by atoms with Crippen molar-refractivity contribution in [1.29, 1.82) is 0 Å². The fourth-order valence-electron chi connectivity index (χ4n) is 6.22. The molecule has 304 valence electrons. The van der Waals surface area contributed by atoms with E-state index in [9.17, 15) is 30.0 Å². The van der Waals surface area contributed by atoms with Gasteiger partial charge in [-0.1, -0.05) is 141 Å². The monoisotopic (exact) mass is 741 g/mol. The van der Waals surface area contributed by atoms with Crippen LogP contribution in [0.1, 0.15) is 174 Å². The van der Waals surface area contributed by atoms with Crippen molar-refractivity contribution in [2.75, 3.05) is 19.8 Å². The standard InChI is InChI=1S/C42H76O10/c1-3-5-7-9-11-13-15-17-18-19-21-22-24-26-28-30-37(44)49-33-35(34-50-42-41(48)40(47)39(46)36(32-43)52-42)51-38(45)31-29-27-25-23-20-16-14-12-10-8-6-4-2/h11,13,17-18,35-36,39-43,46-48H,3-10,12,14-16,19-34H2,1-2H3/b13-11+,18-17+/t35-,36-,39+,40?,41?,42-/m0/s1. The molecule has 1 rings (SSSR count). The Morgan fingerprint density at radius 3 is 1.63 bits per heavy atom. The van der Waals surface area contributed by atoms with Crippen LogP contribution in [0.25, 0.3) is 0 Å². The van der Waals surface area contributed by atoms with Crippen LogP contribution in [0.15, 0.2) is 24.3 Å². The van der Waals surface area contributed by atoms with Crippen LogP contribution in [0.4, 0.5) is 0 Å². The molecule has 0 aromatic carbocycles. The Labute approximate surface area is 315 Å². The zero-order chi connectivity index (χ0) is 38.1. The SMILES string of the molecule is CCCCC/C=C/C/C=C/CCCCCCCC(=O)OC[C@@H](CO[C@H]1O[C@@H](CO)[C@@H](O)C(O)C1O)OC(=O)CCCCCCCCCCCCCC. The average Bonchev–Trinajstić information content (AvgIpc) is 3.14. The number of hydrogen-bond donors (Lipinski definition) is 4. The molecule has 1 heterocycles. The van der Waals surface area contributed by atoms with Gasteiger partial charge < -0.3 is 39.4 Å². The number of unbranched alkanes of at least 4 members (excludes halogenated alkanes) is 19. The van der Waals surface area contributed by atoms with Gasteiger partial charge in [0.2, 0.25) is 0 Å². The second-order valence-electron chi connectivity index (χ2n) is 14.4. The fourth-order valence-corrected chi connectivity index (χ4v) is 6.22. The van der Waals surface area contributed by atoms with Crippen molar-refractivity contribution in [3.63, 3.8) is 0 Å². The summed E-state index contributed by atoms with van der Waals surface area (Å²) in [5.74, 6) is -0.820. The lowest BCUT2D eigenvalue weighted by molar-refractivity contribution is -0.305. The van der Waals surface area contributed by atoms with Crippen molar-refractivity contribution >= 4 is 11.9 Å². The highest BCUT2D eigenvalue weighted by Gasteiger charge is 2.44. The number of carbonyl (C=O) groups is 2. The molecule has 0 saturated carbocycles. The molecule has 0 amide bonds. The van der Waals surface area contributed by atoms with Crippen molar-refractivity contribution in [1.82, 2.24) is 0 Å². The van der Waals surface area contributed by atoms with Crippen LogP contribution in [0.2, 0.25) is 0 Å². The topological polar surface area (TPSA) is 152 Å². The first-order valence-corrected chi connectivity index (χ1v) is 20.9. The Morgan fingerprint density at radius 2 is 1.08 bits per heavy atom. The summed E-state index contributed by atoms with van der Waals surface area (Å²) in [6, 6.07) is 0. The summed E-state index contributed by atoms with van der Waals surface area (Å²) in [6.45, 7) is 3.37. The molecule has 0 spiro atoms. The van der Waals surface area contributed by atoms with E-state index in [-0.39, 0.29) is 32.0 Å². The molecule has 6 atom stereocenters. The lowest BCUT2D eigenvalue weighted by Crippen LogP contribution is -2.59. The Kier molecular flexibility index (Phi) is 31.3. The van der Waals surface area contributed by atoms with E-state index in [0.29, 0.717) is 12.8 Å². The number of aliphatic hydroxyl groups is 4. The number of aliphatic hydroxyl groups excluding tert-OH is 4. The number of esters is 2. The van der Waals surface area contributed by atoms with Gasteiger partial charge in [0.1, 0.15) is 31.0 Å². The Balaban J connectivity index is 2.37. The summed E-state index contributed by atoms with van der Waals surface area (Å²) in [4.78, 5) is 25.2. The Hall–Kier alpha value is -1.82. The molecule has 1 aliphatic heterocycles. The maximum atomic E-state index is 12.7. The summed E-state index contributed by atoms with van der Waals surface area (Å²) in [5.41, 5.74) is 0. The van der Waals surface area contributed by atoms with E-state index in [1.165, 1.54) is 77.0 Å². The minimum Gasteiger partial charge on any atom is -0.462 e. The average molecular weight is 741 g/mol. The van der Waals surface area contributed by atoms with Crippen LogP contribution in [0, 0.1) is 0 Å². The molecule has 52 heavy (non-hydrogen) atoms. The van der Waals surface area contributed by atoms with Crippen molar-refractivity contribution in [3.8, 4) is 0 Å². The number of carbonyl (C=O) groups excluding carboxylic acids is 2. The van der Waals surface area contributed by atoms with Gasteiger partial charge in [0.25, 0.3) is 0 Å². The summed E-state index contributed by atoms with van der Waals surface area (Å²) in [7, 11) is 0. The first-order valence-electron chi connectivity index (χ1n) is 20.9. The number of ether oxygens (including phenoxy) is 4. The normalized spacial score (nSPS) is 21.2. The highest BCUT2D eigenvalue weighted by molar-refractivity contribution is 5.70. The Bertz CT molecular complexity index is 907. The van der Waals surface area contributed by atoms with Crippen LogP contribution >= 0.6 is 0 Å². The quantitative estimate of drug-likeness (QED) is 0.0289. The van der Waals surface area contributed by atoms with Gasteiger partial charge in [-0.25, -0.2) is 0 Å². The molecule has 0 aromatic rings. The van der Waals surface area contributed by atoms with Gasteiger partial charge in [-0.2, -0.15) is 0 Å². The first kappa shape index (κ1) is 48.2. The van der Waals surface area contributed by atoms with E-state index in [1.807, 2.05) is 0 Å². The highest BCUT2D eigenvalue weighted by atomic mass is 16.7. The molecule has 10 nitrogen and oxygen atoms in total. The third kappa shape index (κ3) is 25.2. The van der Waals surface area contributed by atoms with Crippen molar-refractivity contribution < 1.29 is 49.0 Å². The first-order chi connectivity index (χ1) is 25.3. The fraction of sp³-hybridized carbons (Fsp3) is 0.857. The molecule has 0 aliphatic carbocycles. The number of hydrogen-bond acceptors (Lipinski definition) is 10. The maximum Gasteiger partial charge on any atom is 0.306 e. The molecular weight excluding hydrogens is 664 g/mol. The summed E-state index contributed by atoms with van der Waals surface area (Å²) in [6.07, 6.45) is 27.5. The molecule has 2 unspecified atom stereocenters. The number of rotatable bonds is 34. The van der Waals surface area contributed by atoms with E-state index >= 15 is 0 Å².